The third kappa shape index (κ3) is 2.64. The first-order chi connectivity index (χ1) is 8.76. The summed E-state index contributed by atoms with van der Waals surface area (Å²) in [5.74, 6) is 1.99. The van der Waals surface area contributed by atoms with E-state index in [2.05, 4.69) is 34.8 Å². The van der Waals surface area contributed by atoms with E-state index < -0.39 is 0 Å². The highest BCUT2D eigenvalue weighted by molar-refractivity contribution is 5.23. The number of aryl methyl sites for hydroxylation is 2. The van der Waals surface area contributed by atoms with Crippen LogP contribution in [0.5, 0.6) is 0 Å². The molecule has 0 aromatic carbocycles. The summed E-state index contributed by atoms with van der Waals surface area (Å²) < 4.78 is 7.62. The molecule has 2 rings (SSSR count). The standard InChI is InChI=1S/C14H21N3O/c1-4-7-17-8-6-16-14(17)13(15-5-2)12-9-11(3)18-10-12/h6,8-10,13,15H,4-5,7H2,1-3H3. The molecule has 0 aliphatic carbocycles. The average molecular weight is 247 g/mol. The topological polar surface area (TPSA) is 43.0 Å². The van der Waals surface area contributed by atoms with Gasteiger partial charge in [-0.25, -0.2) is 4.98 Å². The molecule has 0 saturated carbocycles. The van der Waals surface area contributed by atoms with Crippen LogP contribution in [-0.4, -0.2) is 16.1 Å². The zero-order chi connectivity index (χ0) is 13.0. The second kappa shape index (κ2) is 5.87. The highest BCUT2D eigenvalue weighted by Gasteiger charge is 2.19. The number of rotatable bonds is 6. The van der Waals surface area contributed by atoms with Crippen molar-refractivity contribution in [2.75, 3.05) is 6.54 Å². The van der Waals surface area contributed by atoms with Gasteiger partial charge in [0.25, 0.3) is 0 Å². The van der Waals surface area contributed by atoms with Crippen LogP contribution in [0, 0.1) is 6.92 Å². The van der Waals surface area contributed by atoms with Gasteiger partial charge in [0, 0.05) is 24.5 Å². The lowest BCUT2D eigenvalue weighted by atomic mass is 10.1. The molecule has 98 valence electrons. The maximum absolute atomic E-state index is 5.41. The van der Waals surface area contributed by atoms with Gasteiger partial charge < -0.3 is 14.3 Å². The molecule has 0 amide bonds. The second-order valence-electron chi connectivity index (χ2n) is 4.46. The quantitative estimate of drug-likeness (QED) is 0.853. The van der Waals surface area contributed by atoms with Gasteiger partial charge in [0.1, 0.15) is 11.6 Å². The molecule has 0 saturated heterocycles. The lowest BCUT2D eigenvalue weighted by Gasteiger charge is -2.17. The molecular formula is C14H21N3O. The van der Waals surface area contributed by atoms with E-state index in [1.165, 1.54) is 0 Å². The summed E-state index contributed by atoms with van der Waals surface area (Å²) in [6.45, 7) is 8.13. The number of imidazole rings is 1. The zero-order valence-electron chi connectivity index (χ0n) is 11.3. The fraction of sp³-hybridized carbons (Fsp3) is 0.500. The van der Waals surface area contributed by atoms with E-state index in [-0.39, 0.29) is 6.04 Å². The van der Waals surface area contributed by atoms with E-state index in [1.807, 2.05) is 25.6 Å². The molecule has 2 heterocycles. The summed E-state index contributed by atoms with van der Waals surface area (Å²) in [5.41, 5.74) is 1.14. The first-order valence-corrected chi connectivity index (χ1v) is 6.55. The average Bonchev–Trinajstić information content (AvgIpc) is 2.96. The van der Waals surface area contributed by atoms with Crippen LogP contribution in [-0.2, 0) is 6.54 Å². The van der Waals surface area contributed by atoms with Gasteiger partial charge in [-0.1, -0.05) is 13.8 Å². The molecule has 1 N–H and O–H groups in total. The van der Waals surface area contributed by atoms with E-state index in [1.54, 1.807) is 0 Å². The Balaban J connectivity index is 2.31. The first-order valence-electron chi connectivity index (χ1n) is 6.55. The highest BCUT2D eigenvalue weighted by atomic mass is 16.3. The first kappa shape index (κ1) is 12.9. The van der Waals surface area contributed by atoms with Gasteiger partial charge in [0.2, 0.25) is 0 Å². The SMILES string of the molecule is CCCn1ccnc1C(NCC)c1coc(C)c1. The van der Waals surface area contributed by atoms with E-state index in [9.17, 15) is 0 Å². The van der Waals surface area contributed by atoms with Crippen LogP contribution in [0.1, 0.15) is 43.5 Å². The third-order valence-corrected chi connectivity index (χ3v) is 2.96. The fourth-order valence-corrected chi connectivity index (χ4v) is 2.19. The van der Waals surface area contributed by atoms with Crippen LogP contribution in [0.25, 0.3) is 0 Å². The van der Waals surface area contributed by atoms with Crippen LogP contribution in [0.3, 0.4) is 0 Å². The Kier molecular flexibility index (Phi) is 4.20. The third-order valence-electron chi connectivity index (χ3n) is 2.96. The zero-order valence-corrected chi connectivity index (χ0v) is 11.3. The smallest absolute Gasteiger partial charge is 0.130 e. The Morgan fingerprint density at radius 1 is 1.44 bits per heavy atom. The summed E-state index contributed by atoms with van der Waals surface area (Å²) in [6, 6.07) is 2.17. The summed E-state index contributed by atoms with van der Waals surface area (Å²) in [4.78, 5) is 4.50. The van der Waals surface area contributed by atoms with Crippen molar-refractivity contribution in [1.82, 2.24) is 14.9 Å². The van der Waals surface area contributed by atoms with Crippen molar-refractivity contribution in [2.45, 2.75) is 39.8 Å². The van der Waals surface area contributed by atoms with E-state index in [0.29, 0.717) is 0 Å². The number of hydrogen-bond donors (Lipinski definition) is 1. The van der Waals surface area contributed by atoms with Crippen molar-refractivity contribution >= 4 is 0 Å². The number of furan rings is 1. The van der Waals surface area contributed by atoms with Crippen molar-refractivity contribution in [3.05, 3.63) is 41.9 Å². The molecule has 0 bridgehead atoms. The Hall–Kier alpha value is -1.55. The molecule has 0 aliphatic heterocycles. The number of hydrogen-bond acceptors (Lipinski definition) is 3. The normalized spacial score (nSPS) is 12.8. The molecule has 1 atom stereocenters. The molecule has 0 spiro atoms. The monoisotopic (exact) mass is 247 g/mol. The minimum atomic E-state index is 0.106. The van der Waals surface area contributed by atoms with Crippen molar-refractivity contribution in [3.63, 3.8) is 0 Å². The van der Waals surface area contributed by atoms with E-state index in [4.69, 9.17) is 4.42 Å². The van der Waals surface area contributed by atoms with Crippen molar-refractivity contribution in [3.8, 4) is 0 Å². The van der Waals surface area contributed by atoms with E-state index in [0.717, 1.165) is 36.7 Å². The van der Waals surface area contributed by atoms with Crippen molar-refractivity contribution < 1.29 is 4.42 Å². The summed E-state index contributed by atoms with van der Waals surface area (Å²) in [6.07, 6.45) is 6.82. The van der Waals surface area contributed by atoms with Gasteiger partial charge in [-0.15, -0.1) is 0 Å². The highest BCUT2D eigenvalue weighted by Crippen LogP contribution is 2.22. The molecule has 1 unspecified atom stereocenters. The van der Waals surface area contributed by atoms with Gasteiger partial charge in [0.05, 0.1) is 12.3 Å². The van der Waals surface area contributed by atoms with Crippen LogP contribution < -0.4 is 5.32 Å². The Morgan fingerprint density at radius 3 is 2.89 bits per heavy atom. The largest absolute Gasteiger partial charge is 0.469 e. The Morgan fingerprint density at radius 2 is 2.28 bits per heavy atom. The predicted octanol–water partition coefficient (Wildman–Crippen LogP) is 2.89. The van der Waals surface area contributed by atoms with Gasteiger partial charge in [-0.3, -0.25) is 0 Å². The summed E-state index contributed by atoms with van der Waals surface area (Å²) in [5, 5.41) is 3.47. The van der Waals surface area contributed by atoms with Crippen molar-refractivity contribution in [2.24, 2.45) is 0 Å². The Labute approximate surface area is 108 Å². The summed E-state index contributed by atoms with van der Waals surface area (Å²) >= 11 is 0. The molecule has 4 heteroatoms. The molecular weight excluding hydrogens is 226 g/mol. The maximum atomic E-state index is 5.41. The van der Waals surface area contributed by atoms with Gasteiger partial charge in [0.15, 0.2) is 0 Å². The molecule has 0 aliphatic rings. The molecule has 2 aromatic heterocycles. The maximum Gasteiger partial charge on any atom is 0.130 e. The number of nitrogens with one attached hydrogen (secondary N) is 1. The lowest BCUT2D eigenvalue weighted by Crippen LogP contribution is -2.25. The fourth-order valence-electron chi connectivity index (χ4n) is 2.19. The lowest BCUT2D eigenvalue weighted by molar-refractivity contribution is 0.513. The van der Waals surface area contributed by atoms with E-state index >= 15 is 0 Å². The van der Waals surface area contributed by atoms with Gasteiger partial charge in [-0.2, -0.15) is 0 Å². The number of nitrogens with zero attached hydrogens (tertiary/aromatic N) is 2. The van der Waals surface area contributed by atoms with Crippen LogP contribution in [0.2, 0.25) is 0 Å². The van der Waals surface area contributed by atoms with Crippen molar-refractivity contribution in [1.29, 1.82) is 0 Å². The molecule has 0 radical (unpaired) electrons. The molecule has 18 heavy (non-hydrogen) atoms. The van der Waals surface area contributed by atoms with Crippen LogP contribution >= 0.6 is 0 Å². The minimum Gasteiger partial charge on any atom is -0.469 e. The second-order valence-corrected chi connectivity index (χ2v) is 4.46. The van der Waals surface area contributed by atoms with Crippen LogP contribution in [0.4, 0.5) is 0 Å². The predicted molar refractivity (Wildman–Crippen MR) is 71.5 cm³/mol. The Bertz CT molecular complexity index is 487. The van der Waals surface area contributed by atoms with Crippen LogP contribution in [0.15, 0.2) is 29.1 Å². The van der Waals surface area contributed by atoms with Gasteiger partial charge in [-0.05, 0) is 26.0 Å². The molecule has 2 aromatic rings. The summed E-state index contributed by atoms with van der Waals surface area (Å²) in [7, 11) is 0. The molecule has 4 nitrogen and oxygen atoms in total. The number of aromatic nitrogens is 2. The minimum absolute atomic E-state index is 0.106. The molecule has 0 fully saturated rings. The van der Waals surface area contributed by atoms with Gasteiger partial charge >= 0.3 is 0 Å².